The first-order chi connectivity index (χ1) is 14.8. The molecule has 0 saturated carbocycles. The molecule has 0 bridgehead atoms. The van der Waals surface area contributed by atoms with Gasteiger partial charge in [0.1, 0.15) is 6.54 Å². The molecule has 10 heteroatoms. The summed E-state index contributed by atoms with van der Waals surface area (Å²) >= 11 is 0. The van der Waals surface area contributed by atoms with Crippen LogP contribution < -0.4 is 11.2 Å². The summed E-state index contributed by atoms with van der Waals surface area (Å²) in [6.45, 7) is 1.83. The van der Waals surface area contributed by atoms with Crippen molar-refractivity contribution in [3.8, 4) is 0 Å². The van der Waals surface area contributed by atoms with Crippen LogP contribution in [0.2, 0.25) is 0 Å². The topological polar surface area (TPSA) is 102 Å². The first-order valence-corrected chi connectivity index (χ1v) is 12.3. The lowest BCUT2D eigenvalue weighted by Gasteiger charge is -2.21. The Labute approximate surface area is 180 Å². The van der Waals surface area contributed by atoms with Crippen molar-refractivity contribution in [2.24, 2.45) is 7.05 Å². The second-order valence-electron chi connectivity index (χ2n) is 8.32. The predicted octanol–water partition coefficient (Wildman–Crippen LogP) is 0.887. The normalized spacial score (nSPS) is 18.4. The zero-order valence-electron chi connectivity index (χ0n) is 17.7. The number of likely N-dealkylation sites (tertiary alicyclic amines) is 1. The van der Waals surface area contributed by atoms with Crippen LogP contribution >= 0.6 is 0 Å². The molecule has 4 rings (SSSR count). The Bertz CT molecular complexity index is 1220. The smallest absolute Gasteiger partial charge is 0.331 e. The fraction of sp³-hybridized carbons (Fsp3) is 0.571. The summed E-state index contributed by atoms with van der Waals surface area (Å²) in [7, 11) is -2.18. The average Bonchev–Trinajstić information content (AvgIpc) is 3.18. The van der Waals surface area contributed by atoms with Crippen LogP contribution in [-0.4, -0.2) is 58.8 Å². The molecule has 0 unspecified atom stereocenters. The number of fused-ring (bicyclic) bond motifs is 1. The van der Waals surface area contributed by atoms with Gasteiger partial charge in [-0.15, -0.1) is 0 Å². The Balaban J connectivity index is 1.75. The number of nitrogens with zero attached hydrogens (tertiary/aromatic N) is 4. The van der Waals surface area contributed by atoms with Crippen LogP contribution in [0.3, 0.4) is 0 Å². The first kappa shape index (κ1) is 21.8. The van der Waals surface area contributed by atoms with Gasteiger partial charge in [0.2, 0.25) is 15.9 Å². The molecule has 1 aromatic heterocycles. The molecule has 0 aliphatic carbocycles. The number of hydrogen-bond donors (Lipinski definition) is 0. The van der Waals surface area contributed by atoms with Crippen LogP contribution in [0.1, 0.15) is 38.5 Å². The molecule has 0 radical (unpaired) electrons. The summed E-state index contributed by atoms with van der Waals surface area (Å²) < 4.78 is 29.5. The van der Waals surface area contributed by atoms with Crippen LogP contribution in [0, 0.1) is 0 Å². The molecule has 168 valence electrons. The fourth-order valence-electron chi connectivity index (χ4n) is 4.43. The second-order valence-corrected chi connectivity index (χ2v) is 10.3. The van der Waals surface area contributed by atoms with Crippen molar-refractivity contribution in [1.82, 2.24) is 18.3 Å². The third-order valence-corrected chi connectivity index (χ3v) is 8.17. The van der Waals surface area contributed by atoms with Crippen LogP contribution in [0.4, 0.5) is 0 Å². The van der Waals surface area contributed by atoms with Gasteiger partial charge in [-0.3, -0.25) is 18.7 Å². The Morgan fingerprint density at radius 3 is 2.19 bits per heavy atom. The molecular formula is C21H28N4O5S. The van der Waals surface area contributed by atoms with Crippen LogP contribution in [-0.2, 0) is 28.4 Å². The summed E-state index contributed by atoms with van der Waals surface area (Å²) in [6, 6.07) is 4.25. The molecule has 2 saturated heterocycles. The van der Waals surface area contributed by atoms with E-state index >= 15 is 0 Å². The maximum absolute atomic E-state index is 13.2. The zero-order valence-corrected chi connectivity index (χ0v) is 18.6. The molecule has 3 heterocycles. The number of hydrogen-bond acceptors (Lipinski definition) is 5. The fourth-order valence-corrected chi connectivity index (χ4v) is 5.97. The number of amides is 1. The zero-order chi connectivity index (χ0) is 22.2. The minimum atomic E-state index is -3.70. The van der Waals surface area contributed by atoms with E-state index in [9.17, 15) is 22.8 Å². The van der Waals surface area contributed by atoms with Crippen molar-refractivity contribution < 1.29 is 13.2 Å². The van der Waals surface area contributed by atoms with Gasteiger partial charge in [0.05, 0.1) is 15.8 Å². The SMILES string of the molecule is Cn1c(=O)n(CC(=O)N2CCCCCC2)c(=O)c2cc(S(=O)(=O)N3CCCC3)ccc21. The highest BCUT2D eigenvalue weighted by atomic mass is 32.2. The van der Waals surface area contributed by atoms with E-state index in [4.69, 9.17) is 0 Å². The summed E-state index contributed by atoms with van der Waals surface area (Å²) in [5.74, 6) is -0.263. The largest absolute Gasteiger partial charge is 0.341 e. The summed E-state index contributed by atoms with van der Waals surface area (Å²) in [4.78, 5) is 40.5. The Kier molecular flexibility index (Phi) is 6.02. The highest BCUT2D eigenvalue weighted by molar-refractivity contribution is 7.89. The van der Waals surface area contributed by atoms with E-state index in [0.29, 0.717) is 31.7 Å². The molecule has 2 aliphatic rings. The summed E-state index contributed by atoms with van der Waals surface area (Å²) in [5.41, 5.74) is -0.885. The Morgan fingerprint density at radius 1 is 0.935 bits per heavy atom. The maximum Gasteiger partial charge on any atom is 0.331 e. The number of aromatic nitrogens is 2. The van der Waals surface area contributed by atoms with Crippen molar-refractivity contribution in [2.45, 2.75) is 50.0 Å². The molecule has 2 fully saturated rings. The Morgan fingerprint density at radius 2 is 1.55 bits per heavy atom. The van der Waals surface area contributed by atoms with Crippen molar-refractivity contribution in [3.05, 3.63) is 39.0 Å². The molecule has 0 N–H and O–H groups in total. The number of carbonyl (C=O) groups excluding carboxylic acids is 1. The van der Waals surface area contributed by atoms with E-state index in [-0.39, 0.29) is 22.7 Å². The quantitative estimate of drug-likeness (QED) is 0.691. The standard InChI is InChI=1S/C21H28N4O5S/c1-22-18-9-8-16(31(29,30)24-12-6-7-13-24)14-17(18)20(27)25(21(22)28)15-19(26)23-10-4-2-3-5-11-23/h8-9,14H,2-7,10-13,15H2,1H3. The number of carbonyl (C=O) groups is 1. The third kappa shape index (κ3) is 4.06. The lowest BCUT2D eigenvalue weighted by atomic mass is 10.2. The molecule has 31 heavy (non-hydrogen) atoms. The molecule has 1 aromatic carbocycles. The van der Waals surface area contributed by atoms with E-state index in [0.717, 1.165) is 43.1 Å². The van der Waals surface area contributed by atoms with Crippen molar-refractivity contribution >= 4 is 26.8 Å². The van der Waals surface area contributed by atoms with E-state index in [1.165, 1.54) is 34.1 Å². The van der Waals surface area contributed by atoms with Gasteiger partial charge < -0.3 is 4.90 Å². The number of aryl methyl sites for hydroxylation is 1. The second kappa shape index (κ2) is 8.58. The van der Waals surface area contributed by atoms with Gasteiger partial charge in [-0.1, -0.05) is 12.8 Å². The minimum absolute atomic E-state index is 0.0306. The van der Waals surface area contributed by atoms with Crippen LogP contribution in [0.15, 0.2) is 32.7 Å². The van der Waals surface area contributed by atoms with Gasteiger partial charge in [0, 0.05) is 33.2 Å². The summed E-state index contributed by atoms with van der Waals surface area (Å²) in [5, 5.41) is 0.117. The lowest BCUT2D eigenvalue weighted by molar-refractivity contribution is -0.131. The van der Waals surface area contributed by atoms with Crippen LogP contribution in [0.5, 0.6) is 0 Å². The summed E-state index contributed by atoms with van der Waals surface area (Å²) in [6.07, 6.45) is 5.58. The molecule has 0 spiro atoms. The van der Waals surface area contributed by atoms with Gasteiger partial charge in [-0.25, -0.2) is 13.2 Å². The van der Waals surface area contributed by atoms with Gasteiger partial charge in [0.15, 0.2) is 0 Å². The molecule has 0 atom stereocenters. The number of rotatable bonds is 4. The van der Waals surface area contributed by atoms with Gasteiger partial charge in [-0.05, 0) is 43.9 Å². The van der Waals surface area contributed by atoms with E-state index in [2.05, 4.69) is 0 Å². The third-order valence-electron chi connectivity index (χ3n) is 6.28. The van der Waals surface area contributed by atoms with Gasteiger partial charge in [0.25, 0.3) is 5.56 Å². The Hall–Kier alpha value is -2.46. The van der Waals surface area contributed by atoms with E-state index in [1.807, 2.05) is 0 Å². The van der Waals surface area contributed by atoms with Crippen LogP contribution in [0.25, 0.3) is 10.9 Å². The lowest BCUT2D eigenvalue weighted by Crippen LogP contribution is -2.44. The molecule has 9 nitrogen and oxygen atoms in total. The average molecular weight is 449 g/mol. The monoisotopic (exact) mass is 448 g/mol. The highest BCUT2D eigenvalue weighted by Gasteiger charge is 2.28. The molecular weight excluding hydrogens is 420 g/mol. The van der Waals surface area contributed by atoms with Gasteiger partial charge in [-0.2, -0.15) is 4.31 Å². The van der Waals surface area contributed by atoms with Gasteiger partial charge >= 0.3 is 5.69 Å². The van der Waals surface area contributed by atoms with Crippen molar-refractivity contribution in [3.63, 3.8) is 0 Å². The van der Waals surface area contributed by atoms with E-state index < -0.39 is 21.3 Å². The minimum Gasteiger partial charge on any atom is -0.341 e. The first-order valence-electron chi connectivity index (χ1n) is 10.8. The van der Waals surface area contributed by atoms with Crippen molar-refractivity contribution in [2.75, 3.05) is 26.2 Å². The van der Waals surface area contributed by atoms with E-state index in [1.54, 1.807) is 4.90 Å². The maximum atomic E-state index is 13.2. The molecule has 2 aliphatic heterocycles. The highest BCUT2D eigenvalue weighted by Crippen LogP contribution is 2.23. The number of sulfonamides is 1. The number of benzene rings is 1. The predicted molar refractivity (Wildman–Crippen MR) is 116 cm³/mol. The molecule has 1 amide bonds. The molecule has 2 aromatic rings. The van der Waals surface area contributed by atoms with Crippen molar-refractivity contribution in [1.29, 1.82) is 0 Å².